The van der Waals surface area contributed by atoms with Crippen molar-refractivity contribution in [1.82, 2.24) is 9.78 Å². The van der Waals surface area contributed by atoms with Gasteiger partial charge in [0.1, 0.15) is 16.9 Å². The normalized spacial score (nSPS) is 14.8. The molecule has 0 fully saturated rings. The number of benzene rings is 2. The summed E-state index contributed by atoms with van der Waals surface area (Å²) in [5, 5.41) is 6.83. The van der Waals surface area contributed by atoms with Gasteiger partial charge in [-0.25, -0.2) is 8.42 Å². The van der Waals surface area contributed by atoms with Gasteiger partial charge in [-0.15, -0.1) is 0 Å². The molecule has 0 radical (unpaired) electrons. The van der Waals surface area contributed by atoms with Crippen molar-refractivity contribution in [2.75, 3.05) is 16.7 Å². The molecule has 9 nitrogen and oxygen atoms in total. The molecule has 34 heavy (non-hydrogen) atoms. The van der Waals surface area contributed by atoms with Gasteiger partial charge in [0.05, 0.1) is 23.1 Å². The zero-order chi connectivity index (χ0) is 24.8. The molecule has 0 aliphatic carbocycles. The third-order valence-corrected chi connectivity index (χ3v) is 7.40. The largest absolute Gasteiger partial charge is 0.487 e. The summed E-state index contributed by atoms with van der Waals surface area (Å²) in [6.07, 6.45) is 1.53. The van der Waals surface area contributed by atoms with Gasteiger partial charge in [0.25, 0.3) is 15.9 Å². The van der Waals surface area contributed by atoms with E-state index in [1.807, 2.05) is 20.8 Å². The Bertz CT molecular complexity index is 1390. The summed E-state index contributed by atoms with van der Waals surface area (Å²) in [6, 6.07) is 11.3. The molecule has 0 bridgehead atoms. The molecule has 0 atom stereocenters. The second-order valence-electron chi connectivity index (χ2n) is 8.92. The van der Waals surface area contributed by atoms with Gasteiger partial charge in [-0.1, -0.05) is 17.7 Å². The fraction of sp³-hybridized carbons (Fsp3) is 0.292. The Balaban J connectivity index is 1.62. The molecular weight excluding hydrogens is 456 g/mol. The first-order valence-corrected chi connectivity index (χ1v) is 12.1. The van der Waals surface area contributed by atoms with Crippen molar-refractivity contribution in [3.8, 4) is 5.75 Å². The lowest BCUT2D eigenvalue weighted by atomic mass is 9.93. The number of sulfonamides is 1. The molecular formula is C24H26N4O5S. The van der Waals surface area contributed by atoms with E-state index < -0.39 is 21.5 Å². The Kier molecular flexibility index (Phi) is 5.72. The third-order valence-electron chi connectivity index (χ3n) is 5.64. The van der Waals surface area contributed by atoms with Gasteiger partial charge in [0, 0.05) is 19.8 Å². The van der Waals surface area contributed by atoms with E-state index >= 15 is 0 Å². The van der Waals surface area contributed by atoms with E-state index in [1.165, 1.54) is 30.1 Å². The van der Waals surface area contributed by atoms with Gasteiger partial charge in [-0.2, -0.15) is 5.10 Å². The van der Waals surface area contributed by atoms with E-state index in [0.717, 1.165) is 9.87 Å². The number of nitrogens with zero attached hydrogens (tertiary/aromatic N) is 3. The van der Waals surface area contributed by atoms with E-state index in [1.54, 1.807) is 37.4 Å². The third kappa shape index (κ3) is 4.28. The fourth-order valence-electron chi connectivity index (χ4n) is 3.88. The minimum atomic E-state index is -3.93. The highest BCUT2D eigenvalue weighted by Gasteiger charge is 2.33. The number of amides is 1. The van der Waals surface area contributed by atoms with Crippen molar-refractivity contribution in [3.05, 3.63) is 65.4 Å². The van der Waals surface area contributed by atoms with E-state index in [-0.39, 0.29) is 28.5 Å². The topological polar surface area (TPSA) is 111 Å². The summed E-state index contributed by atoms with van der Waals surface area (Å²) >= 11 is 0. The summed E-state index contributed by atoms with van der Waals surface area (Å²) in [5.41, 5.74) is 1.19. The van der Waals surface area contributed by atoms with Crippen molar-refractivity contribution >= 4 is 33.2 Å². The number of carbonyl (C=O) groups is 2. The number of anilines is 2. The van der Waals surface area contributed by atoms with Crippen LogP contribution >= 0.6 is 0 Å². The highest BCUT2D eigenvalue weighted by Crippen LogP contribution is 2.35. The van der Waals surface area contributed by atoms with Crippen LogP contribution in [0.25, 0.3) is 0 Å². The maximum Gasteiger partial charge on any atom is 0.265 e. The number of aryl methyl sites for hydroxylation is 2. The van der Waals surface area contributed by atoms with Crippen molar-refractivity contribution in [2.45, 2.75) is 37.7 Å². The molecule has 0 unspecified atom stereocenters. The minimum absolute atomic E-state index is 0.0714. The Labute approximate surface area is 198 Å². The van der Waals surface area contributed by atoms with E-state index in [4.69, 9.17) is 4.74 Å². The Morgan fingerprint density at radius 2 is 1.85 bits per heavy atom. The van der Waals surface area contributed by atoms with Crippen LogP contribution in [0.5, 0.6) is 5.75 Å². The predicted octanol–water partition coefficient (Wildman–Crippen LogP) is 3.55. The van der Waals surface area contributed by atoms with Crippen LogP contribution in [0.4, 0.5) is 11.5 Å². The molecule has 178 valence electrons. The van der Waals surface area contributed by atoms with Crippen LogP contribution in [-0.2, 0) is 17.1 Å². The minimum Gasteiger partial charge on any atom is -0.487 e. The second kappa shape index (κ2) is 8.28. The van der Waals surface area contributed by atoms with Crippen molar-refractivity contribution < 1.29 is 22.7 Å². The number of aromatic nitrogens is 2. The zero-order valence-corrected chi connectivity index (χ0v) is 20.4. The number of ketones is 1. The average molecular weight is 483 g/mol. The first-order chi connectivity index (χ1) is 15.9. The summed E-state index contributed by atoms with van der Waals surface area (Å²) in [5.74, 6) is -0.0608. The Hall–Kier alpha value is -3.66. The SMILES string of the molecule is Cc1ccc(S(=O)(=O)N(C)c2c(C(=O)Nc3ccc4c(c3)C(=O)CC(C)(C)O4)cnn2C)cc1. The molecule has 2 aromatic carbocycles. The van der Waals surface area contributed by atoms with Crippen molar-refractivity contribution in [1.29, 1.82) is 0 Å². The van der Waals surface area contributed by atoms with Gasteiger partial charge < -0.3 is 10.1 Å². The van der Waals surface area contributed by atoms with Crippen LogP contribution in [0.2, 0.25) is 0 Å². The molecule has 0 saturated carbocycles. The molecule has 0 spiro atoms. The summed E-state index contributed by atoms with van der Waals surface area (Å²) < 4.78 is 34.6. The van der Waals surface area contributed by atoms with Gasteiger partial charge in [-0.05, 0) is 51.1 Å². The summed E-state index contributed by atoms with van der Waals surface area (Å²) in [7, 11) is -0.995. The molecule has 1 N–H and O–H groups in total. The van der Waals surface area contributed by atoms with Crippen LogP contribution in [-0.4, -0.2) is 42.5 Å². The molecule has 1 aromatic heterocycles. The molecule has 10 heteroatoms. The molecule has 0 saturated heterocycles. The van der Waals surface area contributed by atoms with Gasteiger partial charge >= 0.3 is 0 Å². The lowest BCUT2D eigenvalue weighted by Crippen LogP contribution is -2.35. The smallest absolute Gasteiger partial charge is 0.265 e. The molecule has 4 rings (SSSR count). The number of fused-ring (bicyclic) bond motifs is 1. The number of rotatable bonds is 5. The Morgan fingerprint density at radius 3 is 2.53 bits per heavy atom. The first-order valence-electron chi connectivity index (χ1n) is 10.6. The molecule has 1 amide bonds. The number of hydrogen-bond acceptors (Lipinski definition) is 6. The van der Waals surface area contributed by atoms with E-state index in [2.05, 4.69) is 10.4 Å². The van der Waals surface area contributed by atoms with Crippen LogP contribution in [0, 0.1) is 6.92 Å². The lowest BCUT2D eigenvalue weighted by Gasteiger charge is -2.31. The van der Waals surface area contributed by atoms with Crippen LogP contribution in [0.1, 0.15) is 46.5 Å². The Morgan fingerprint density at radius 1 is 1.18 bits per heavy atom. The van der Waals surface area contributed by atoms with Gasteiger partial charge in [-0.3, -0.25) is 18.6 Å². The van der Waals surface area contributed by atoms with E-state index in [0.29, 0.717) is 17.0 Å². The van der Waals surface area contributed by atoms with Crippen molar-refractivity contribution in [2.24, 2.45) is 7.05 Å². The van der Waals surface area contributed by atoms with Crippen LogP contribution in [0.3, 0.4) is 0 Å². The van der Waals surface area contributed by atoms with Gasteiger partial charge in [0.15, 0.2) is 11.6 Å². The highest BCUT2D eigenvalue weighted by atomic mass is 32.2. The number of ether oxygens (including phenoxy) is 1. The van der Waals surface area contributed by atoms with Crippen molar-refractivity contribution in [3.63, 3.8) is 0 Å². The quantitative estimate of drug-likeness (QED) is 0.595. The summed E-state index contributed by atoms with van der Waals surface area (Å²) in [4.78, 5) is 25.8. The standard InChI is InChI=1S/C24H26N4O5S/c1-15-6-9-17(10-7-15)34(31,32)28(5)23-19(14-25-27(23)4)22(30)26-16-8-11-21-18(12-16)20(29)13-24(2,3)33-21/h6-12,14H,13H2,1-5H3,(H,26,30). The monoisotopic (exact) mass is 482 g/mol. The second-order valence-corrected chi connectivity index (χ2v) is 10.9. The average Bonchev–Trinajstić information content (AvgIpc) is 3.14. The number of nitrogens with one attached hydrogen (secondary N) is 1. The molecule has 1 aliphatic rings. The molecule has 1 aliphatic heterocycles. The maximum atomic E-state index is 13.2. The molecule has 3 aromatic rings. The first kappa shape index (κ1) is 23.5. The molecule has 2 heterocycles. The number of Topliss-reactive ketones (excluding diaryl/α,β-unsaturated/α-hetero) is 1. The van der Waals surface area contributed by atoms with Crippen LogP contribution < -0.4 is 14.4 Å². The number of hydrogen-bond donors (Lipinski definition) is 1. The number of carbonyl (C=O) groups excluding carboxylic acids is 2. The maximum absolute atomic E-state index is 13.2. The predicted molar refractivity (Wildman–Crippen MR) is 128 cm³/mol. The van der Waals surface area contributed by atoms with E-state index in [9.17, 15) is 18.0 Å². The highest BCUT2D eigenvalue weighted by molar-refractivity contribution is 7.92. The van der Waals surface area contributed by atoms with Crippen LogP contribution in [0.15, 0.2) is 53.6 Å². The van der Waals surface area contributed by atoms with Gasteiger partial charge in [0.2, 0.25) is 0 Å². The zero-order valence-electron chi connectivity index (χ0n) is 19.6. The fourth-order valence-corrected chi connectivity index (χ4v) is 5.12. The lowest BCUT2D eigenvalue weighted by molar-refractivity contribution is 0.0620. The summed E-state index contributed by atoms with van der Waals surface area (Å²) in [6.45, 7) is 5.55.